The van der Waals surface area contributed by atoms with Crippen LogP contribution in [0.2, 0.25) is 5.02 Å². The molecule has 0 saturated heterocycles. The van der Waals surface area contributed by atoms with Crippen molar-refractivity contribution in [2.75, 3.05) is 16.4 Å². The maximum Gasteiger partial charge on any atom is 0.160 e. The van der Waals surface area contributed by atoms with Gasteiger partial charge >= 0.3 is 0 Å². The Morgan fingerprint density at radius 2 is 1.61 bits per heavy atom. The summed E-state index contributed by atoms with van der Waals surface area (Å²) in [5.74, 6) is 1.60. The summed E-state index contributed by atoms with van der Waals surface area (Å²) in [4.78, 5) is 12.5. The van der Waals surface area contributed by atoms with Crippen LogP contribution in [0.4, 0.5) is 28.8 Å². The van der Waals surface area contributed by atoms with Gasteiger partial charge in [-0.1, -0.05) is 11.6 Å². The first-order valence-corrected chi connectivity index (χ1v) is 8.09. The van der Waals surface area contributed by atoms with Crippen molar-refractivity contribution in [3.05, 3.63) is 57.5 Å². The second-order valence-corrected chi connectivity index (χ2v) is 6.29. The van der Waals surface area contributed by atoms with Crippen molar-refractivity contribution < 1.29 is 0 Å². The van der Waals surface area contributed by atoms with Crippen molar-refractivity contribution in [2.24, 2.45) is 0 Å². The number of aromatic nitrogens is 3. The predicted molar refractivity (Wildman–Crippen MR) is 101 cm³/mol. The maximum atomic E-state index is 6.13. The average molecular weight is 439 g/mol. The number of rotatable bonds is 4. The fourth-order valence-corrected chi connectivity index (χ4v) is 2.31. The average Bonchev–Trinajstić information content (AvgIpc) is 2.55. The summed E-state index contributed by atoms with van der Waals surface area (Å²) in [6.07, 6.45) is 2.98. The lowest BCUT2D eigenvalue weighted by atomic mass is 10.3. The molecule has 2 heterocycles. The number of nitrogens with one attached hydrogen (secondary N) is 2. The van der Waals surface area contributed by atoms with Gasteiger partial charge in [0.15, 0.2) is 11.6 Å². The number of pyridine rings is 1. The van der Waals surface area contributed by atoms with Crippen molar-refractivity contribution in [3.8, 4) is 0 Å². The highest BCUT2D eigenvalue weighted by Crippen LogP contribution is 2.27. The molecule has 8 heteroatoms. The molecule has 6 nitrogen and oxygen atoms in total. The summed E-state index contributed by atoms with van der Waals surface area (Å²) in [6.45, 7) is 0. The zero-order valence-corrected chi connectivity index (χ0v) is 14.7. The van der Waals surface area contributed by atoms with Gasteiger partial charge in [-0.2, -0.15) is 0 Å². The molecule has 23 heavy (non-hydrogen) atoms. The van der Waals surface area contributed by atoms with E-state index in [1.807, 2.05) is 24.3 Å². The Bertz CT molecular complexity index is 741. The van der Waals surface area contributed by atoms with Crippen LogP contribution in [0.25, 0.3) is 0 Å². The Kier molecular flexibility index (Phi) is 4.77. The van der Waals surface area contributed by atoms with Crippen molar-refractivity contribution in [3.63, 3.8) is 0 Å². The molecule has 3 aromatic rings. The Morgan fingerprint density at radius 1 is 0.913 bits per heavy atom. The molecule has 0 atom stereocenters. The van der Waals surface area contributed by atoms with E-state index in [-0.39, 0.29) is 0 Å². The molecule has 0 saturated carbocycles. The van der Waals surface area contributed by atoms with Crippen LogP contribution in [0.1, 0.15) is 0 Å². The fourth-order valence-electron chi connectivity index (χ4n) is 1.84. The molecule has 4 N–H and O–H groups in total. The van der Waals surface area contributed by atoms with E-state index in [1.165, 1.54) is 6.33 Å². The summed E-state index contributed by atoms with van der Waals surface area (Å²) in [7, 11) is 0. The maximum absolute atomic E-state index is 6.13. The minimum atomic E-state index is 0.405. The van der Waals surface area contributed by atoms with Gasteiger partial charge in [0, 0.05) is 15.5 Å². The number of halogens is 2. The van der Waals surface area contributed by atoms with E-state index in [9.17, 15) is 0 Å². The van der Waals surface area contributed by atoms with Crippen LogP contribution in [0, 0.1) is 3.57 Å². The zero-order chi connectivity index (χ0) is 16.2. The molecule has 0 amide bonds. The van der Waals surface area contributed by atoms with E-state index in [4.69, 9.17) is 17.3 Å². The predicted octanol–water partition coefficient (Wildman–Crippen LogP) is 4.20. The highest BCUT2D eigenvalue weighted by Gasteiger charge is 2.09. The van der Waals surface area contributed by atoms with Crippen LogP contribution >= 0.6 is 34.2 Å². The van der Waals surface area contributed by atoms with Crippen molar-refractivity contribution in [2.45, 2.75) is 0 Å². The molecular formula is C15H12ClIN6. The van der Waals surface area contributed by atoms with Gasteiger partial charge in [0.2, 0.25) is 0 Å². The number of nitrogens with two attached hydrogens (primary N) is 1. The minimum absolute atomic E-state index is 0.405. The topological polar surface area (TPSA) is 88.8 Å². The standard InChI is InChI=1S/C15H12ClIN6/c16-9-1-6-12(19-7-9)23-15-13(18)14(20-8-21-15)22-11-4-2-10(17)3-5-11/h1-8H,18H2,(H2,19,20,21,22,23). The van der Waals surface area contributed by atoms with Gasteiger partial charge in [0.05, 0.1) is 5.02 Å². The normalized spacial score (nSPS) is 10.3. The number of hydrogen-bond acceptors (Lipinski definition) is 6. The monoisotopic (exact) mass is 438 g/mol. The molecule has 0 fully saturated rings. The quantitative estimate of drug-likeness (QED) is 0.529. The highest BCUT2D eigenvalue weighted by atomic mass is 127. The van der Waals surface area contributed by atoms with Gasteiger partial charge < -0.3 is 16.4 Å². The summed E-state index contributed by atoms with van der Waals surface area (Å²) < 4.78 is 1.15. The number of hydrogen-bond donors (Lipinski definition) is 3. The third-order valence-corrected chi connectivity index (χ3v) is 3.91. The minimum Gasteiger partial charge on any atom is -0.393 e. The van der Waals surface area contributed by atoms with Crippen LogP contribution in [-0.2, 0) is 0 Å². The van der Waals surface area contributed by atoms with Crippen LogP contribution in [0.15, 0.2) is 48.9 Å². The Morgan fingerprint density at radius 3 is 2.26 bits per heavy atom. The van der Waals surface area contributed by atoms with Gasteiger partial charge in [-0.15, -0.1) is 0 Å². The number of benzene rings is 1. The molecule has 0 bridgehead atoms. The van der Waals surface area contributed by atoms with Crippen LogP contribution in [-0.4, -0.2) is 15.0 Å². The lowest BCUT2D eigenvalue weighted by Crippen LogP contribution is -2.05. The molecule has 0 radical (unpaired) electrons. The molecule has 2 aromatic heterocycles. The largest absolute Gasteiger partial charge is 0.393 e. The first-order valence-electron chi connectivity index (χ1n) is 6.63. The molecule has 116 valence electrons. The smallest absolute Gasteiger partial charge is 0.160 e. The molecule has 3 rings (SSSR count). The SMILES string of the molecule is Nc1c(Nc2ccc(I)cc2)ncnc1Nc1ccc(Cl)cn1. The second kappa shape index (κ2) is 6.97. The molecule has 0 aliphatic rings. The summed E-state index contributed by atoms with van der Waals surface area (Å²) in [5, 5.41) is 6.78. The molecule has 0 unspecified atom stereocenters. The number of nitrogens with zero attached hydrogens (tertiary/aromatic N) is 3. The van der Waals surface area contributed by atoms with Crippen molar-refractivity contribution >= 4 is 63.0 Å². The van der Waals surface area contributed by atoms with Gasteiger partial charge in [-0.3, -0.25) is 0 Å². The third-order valence-electron chi connectivity index (χ3n) is 2.96. The van der Waals surface area contributed by atoms with E-state index in [2.05, 4.69) is 48.2 Å². The second-order valence-electron chi connectivity index (χ2n) is 4.60. The van der Waals surface area contributed by atoms with E-state index in [1.54, 1.807) is 18.3 Å². The van der Waals surface area contributed by atoms with Crippen molar-refractivity contribution in [1.29, 1.82) is 0 Å². The molecule has 0 aliphatic carbocycles. The first kappa shape index (κ1) is 15.8. The molecule has 0 aliphatic heterocycles. The molecule has 1 aromatic carbocycles. The highest BCUT2D eigenvalue weighted by molar-refractivity contribution is 14.1. The Labute approximate surface area is 151 Å². The van der Waals surface area contributed by atoms with E-state index >= 15 is 0 Å². The number of nitrogen functional groups attached to an aromatic ring is 1. The van der Waals surface area contributed by atoms with Crippen LogP contribution < -0.4 is 16.4 Å². The third kappa shape index (κ3) is 3.99. The fraction of sp³-hybridized carbons (Fsp3) is 0. The van der Waals surface area contributed by atoms with E-state index in [0.29, 0.717) is 28.2 Å². The summed E-state index contributed by atoms with van der Waals surface area (Å²) >= 11 is 8.07. The van der Waals surface area contributed by atoms with Crippen molar-refractivity contribution in [1.82, 2.24) is 15.0 Å². The van der Waals surface area contributed by atoms with Gasteiger partial charge in [-0.05, 0) is 59.0 Å². The first-order chi connectivity index (χ1) is 11.1. The van der Waals surface area contributed by atoms with E-state index < -0.39 is 0 Å². The Hall–Kier alpha value is -2.13. The zero-order valence-electron chi connectivity index (χ0n) is 11.8. The summed E-state index contributed by atoms with van der Waals surface area (Å²) in [6, 6.07) is 11.4. The number of anilines is 5. The van der Waals surface area contributed by atoms with E-state index in [0.717, 1.165) is 9.26 Å². The lowest BCUT2D eigenvalue weighted by Gasteiger charge is -2.12. The Balaban J connectivity index is 1.83. The van der Waals surface area contributed by atoms with Crippen LogP contribution in [0.3, 0.4) is 0 Å². The lowest BCUT2D eigenvalue weighted by molar-refractivity contribution is 1.16. The van der Waals surface area contributed by atoms with Gasteiger partial charge in [0.25, 0.3) is 0 Å². The molecular weight excluding hydrogens is 427 g/mol. The van der Waals surface area contributed by atoms with Crippen LogP contribution in [0.5, 0.6) is 0 Å². The van der Waals surface area contributed by atoms with Gasteiger partial charge in [-0.25, -0.2) is 15.0 Å². The summed E-state index contributed by atoms with van der Waals surface area (Å²) in [5.41, 5.74) is 7.43. The van der Waals surface area contributed by atoms with Gasteiger partial charge in [0.1, 0.15) is 17.8 Å². The molecule has 0 spiro atoms.